The number of aliphatic hydroxyl groups is 1. The molecule has 2 aliphatic rings. The van der Waals surface area contributed by atoms with Gasteiger partial charge in [0.15, 0.2) is 9.84 Å². The van der Waals surface area contributed by atoms with Crippen molar-refractivity contribution in [3.63, 3.8) is 0 Å². The first-order chi connectivity index (χ1) is 14.9. The van der Waals surface area contributed by atoms with Crippen LogP contribution in [0.4, 0.5) is 0 Å². The molecule has 0 unspecified atom stereocenters. The van der Waals surface area contributed by atoms with E-state index in [1.54, 1.807) is 12.3 Å². The Kier molecular flexibility index (Phi) is 6.00. The lowest BCUT2D eigenvalue weighted by atomic mass is 9.62. The van der Waals surface area contributed by atoms with Gasteiger partial charge in [-0.2, -0.15) is 5.26 Å². The molecule has 1 N–H and O–H groups in total. The van der Waals surface area contributed by atoms with Crippen molar-refractivity contribution in [3.05, 3.63) is 59.9 Å². The average molecular weight is 437 g/mol. The minimum absolute atomic E-state index is 0.0424. The molecule has 31 heavy (non-hydrogen) atoms. The molecule has 0 amide bonds. The molecule has 2 aromatic rings. The summed E-state index contributed by atoms with van der Waals surface area (Å²) in [4.78, 5) is 4.55. The van der Waals surface area contributed by atoms with E-state index in [1.807, 2.05) is 36.4 Å². The van der Waals surface area contributed by atoms with Gasteiger partial charge in [0.1, 0.15) is 0 Å². The highest BCUT2D eigenvalue weighted by atomic mass is 32.2. The first-order valence-corrected chi connectivity index (χ1v) is 12.5. The van der Waals surface area contributed by atoms with Gasteiger partial charge in [0.2, 0.25) is 0 Å². The summed E-state index contributed by atoms with van der Waals surface area (Å²) in [5.41, 5.74) is 3.14. The summed E-state index contributed by atoms with van der Waals surface area (Å²) in [5, 5.41) is 18.5. The molecule has 5 nitrogen and oxygen atoms in total. The number of aromatic nitrogens is 1. The van der Waals surface area contributed by atoms with Crippen LogP contribution in [0.1, 0.15) is 31.5 Å². The van der Waals surface area contributed by atoms with Gasteiger partial charge < -0.3 is 5.11 Å². The van der Waals surface area contributed by atoms with Crippen LogP contribution in [0.3, 0.4) is 0 Å². The molecular formula is C25H28N2O3S. The van der Waals surface area contributed by atoms with Crippen molar-refractivity contribution in [2.24, 2.45) is 29.6 Å². The van der Waals surface area contributed by atoms with Crippen LogP contribution in [-0.4, -0.2) is 36.1 Å². The Balaban J connectivity index is 1.60. The van der Waals surface area contributed by atoms with Gasteiger partial charge >= 0.3 is 0 Å². The predicted molar refractivity (Wildman–Crippen MR) is 121 cm³/mol. The summed E-state index contributed by atoms with van der Waals surface area (Å²) in [6.45, 7) is 4.07. The van der Waals surface area contributed by atoms with Crippen molar-refractivity contribution in [3.8, 4) is 17.2 Å². The van der Waals surface area contributed by atoms with Gasteiger partial charge in [-0.25, -0.2) is 8.42 Å². The lowest BCUT2D eigenvalue weighted by molar-refractivity contribution is 0.0875. The fraction of sp³-hybridized carbons (Fsp3) is 0.440. The van der Waals surface area contributed by atoms with Crippen LogP contribution in [0, 0.1) is 40.9 Å². The van der Waals surface area contributed by atoms with Gasteiger partial charge in [-0.15, -0.1) is 0 Å². The molecule has 0 bridgehead atoms. The summed E-state index contributed by atoms with van der Waals surface area (Å²) in [6.07, 6.45) is 6.74. The zero-order valence-electron chi connectivity index (χ0n) is 17.8. The largest absolute Gasteiger partial charge is 0.395 e. The van der Waals surface area contributed by atoms with E-state index in [0.29, 0.717) is 17.4 Å². The minimum atomic E-state index is -3.25. The second-order valence-electron chi connectivity index (χ2n) is 9.03. The number of nitriles is 1. The maximum Gasteiger partial charge on any atom is 0.156 e. The van der Waals surface area contributed by atoms with Crippen LogP contribution in [0.15, 0.2) is 48.7 Å². The van der Waals surface area contributed by atoms with Crippen LogP contribution < -0.4 is 0 Å². The highest BCUT2D eigenvalue weighted by Gasteiger charge is 2.53. The topological polar surface area (TPSA) is 91.0 Å². The van der Waals surface area contributed by atoms with E-state index >= 15 is 0 Å². The monoisotopic (exact) mass is 436 g/mol. The number of benzene rings is 1. The molecule has 1 aromatic heterocycles. The Bertz CT molecular complexity index is 1120. The molecular weight excluding hydrogens is 408 g/mol. The molecule has 0 radical (unpaired) electrons. The molecule has 162 valence electrons. The number of allylic oxidation sites excluding steroid dienone is 1. The van der Waals surface area contributed by atoms with Gasteiger partial charge in [0, 0.05) is 17.3 Å². The van der Waals surface area contributed by atoms with Crippen molar-refractivity contribution in [1.82, 2.24) is 4.98 Å². The second kappa shape index (κ2) is 8.57. The van der Waals surface area contributed by atoms with Gasteiger partial charge in [-0.05, 0) is 54.2 Å². The third-order valence-corrected chi connectivity index (χ3v) is 9.60. The molecule has 1 aliphatic carbocycles. The molecule has 0 spiro atoms. The van der Waals surface area contributed by atoms with Gasteiger partial charge in [-0.1, -0.05) is 44.2 Å². The van der Waals surface area contributed by atoms with Gasteiger partial charge in [0.05, 0.1) is 34.9 Å². The molecule has 1 saturated carbocycles. The lowest BCUT2D eigenvalue weighted by Gasteiger charge is -2.42. The number of fused-ring (bicyclic) bond motifs is 1. The quantitative estimate of drug-likeness (QED) is 0.784. The van der Waals surface area contributed by atoms with E-state index in [0.717, 1.165) is 23.2 Å². The van der Waals surface area contributed by atoms with Crippen LogP contribution in [-0.2, 0) is 9.84 Å². The van der Waals surface area contributed by atoms with Crippen molar-refractivity contribution in [1.29, 1.82) is 5.26 Å². The van der Waals surface area contributed by atoms with E-state index in [9.17, 15) is 18.8 Å². The predicted octanol–water partition coefficient (Wildman–Crippen LogP) is 3.95. The zero-order chi connectivity index (χ0) is 22.2. The Morgan fingerprint density at radius 2 is 2.00 bits per heavy atom. The fourth-order valence-corrected chi connectivity index (χ4v) is 7.84. The Morgan fingerprint density at radius 1 is 1.23 bits per heavy atom. The number of hydrogen-bond acceptors (Lipinski definition) is 5. The number of hydrogen-bond donors (Lipinski definition) is 1. The molecule has 6 atom stereocenters. The second-order valence-corrected chi connectivity index (χ2v) is 11.3. The SMILES string of the molecule is C[C@H]1[C@H](/C=C/c2ccc(-c3ccccc3C#N)cn2)[C@H]2[C@@H](C[C@@H]1C)CS(=O)(=O)[C@@H]2CO. The number of nitrogens with zero attached hydrogens (tertiary/aromatic N) is 2. The van der Waals surface area contributed by atoms with Gasteiger partial charge in [0.25, 0.3) is 0 Å². The highest BCUT2D eigenvalue weighted by Crippen LogP contribution is 2.50. The summed E-state index contributed by atoms with van der Waals surface area (Å²) in [5.74, 6) is 1.11. The molecule has 2 heterocycles. The Labute approximate surface area is 184 Å². The average Bonchev–Trinajstić information content (AvgIpc) is 3.03. The Hall–Kier alpha value is -2.49. The number of pyridine rings is 1. The zero-order valence-corrected chi connectivity index (χ0v) is 18.7. The summed E-state index contributed by atoms with van der Waals surface area (Å²) in [7, 11) is -3.25. The normalized spacial score (nSPS) is 31.9. The van der Waals surface area contributed by atoms with Crippen molar-refractivity contribution in [2.45, 2.75) is 25.5 Å². The summed E-state index contributed by atoms with van der Waals surface area (Å²) < 4.78 is 25.2. The smallest absolute Gasteiger partial charge is 0.156 e. The fourth-order valence-electron chi connectivity index (χ4n) is 5.53. The van der Waals surface area contributed by atoms with Crippen molar-refractivity contribution < 1.29 is 13.5 Å². The summed E-state index contributed by atoms with van der Waals surface area (Å²) in [6, 6.07) is 13.5. The third-order valence-electron chi connectivity index (χ3n) is 7.32. The van der Waals surface area contributed by atoms with E-state index in [-0.39, 0.29) is 30.1 Å². The number of aliphatic hydroxyl groups excluding tert-OH is 1. The van der Waals surface area contributed by atoms with E-state index in [2.05, 4.69) is 31.0 Å². The van der Waals surface area contributed by atoms with Crippen LogP contribution in [0.5, 0.6) is 0 Å². The van der Waals surface area contributed by atoms with Crippen LogP contribution in [0.2, 0.25) is 0 Å². The number of rotatable bonds is 4. The molecule has 6 heteroatoms. The van der Waals surface area contributed by atoms with Crippen LogP contribution >= 0.6 is 0 Å². The number of sulfone groups is 1. The maximum atomic E-state index is 12.6. The lowest BCUT2D eigenvalue weighted by Crippen LogP contribution is -2.41. The summed E-state index contributed by atoms with van der Waals surface area (Å²) >= 11 is 0. The van der Waals surface area contributed by atoms with E-state index in [4.69, 9.17) is 0 Å². The molecule has 4 rings (SSSR count). The first kappa shape index (κ1) is 21.7. The first-order valence-electron chi connectivity index (χ1n) is 10.8. The highest BCUT2D eigenvalue weighted by molar-refractivity contribution is 7.92. The van der Waals surface area contributed by atoms with Crippen molar-refractivity contribution >= 4 is 15.9 Å². The Morgan fingerprint density at radius 3 is 2.68 bits per heavy atom. The van der Waals surface area contributed by atoms with E-state index < -0.39 is 15.1 Å². The van der Waals surface area contributed by atoms with E-state index in [1.165, 1.54) is 0 Å². The van der Waals surface area contributed by atoms with Crippen LogP contribution in [0.25, 0.3) is 17.2 Å². The van der Waals surface area contributed by atoms with Gasteiger partial charge in [-0.3, -0.25) is 4.98 Å². The van der Waals surface area contributed by atoms with Crippen molar-refractivity contribution in [2.75, 3.05) is 12.4 Å². The minimum Gasteiger partial charge on any atom is -0.395 e. The molecule has 2 fully saturated rings. The standard InChI is InChI=1S/C25H28N2O3S/c1-16-11-20-15-31(29,30)24(14-28)25(20)22(17(16)2)10-9-21-8-7-19(13-27-21)23-6-4-3-5-18(23)12-26/h3-10,13,16-17,20,22,24-25,28H,11,14-15H2,1-2H3/b10-9+/t16-,17+,20-,22-,24+,25+/m0/s1. The molecule has 1 aliphatic heterocycles. The third kappa shape index (κ3) is 4.05. The molecule has 1 saturated heterocycles. The maximum absolute atomic E-state index is 12.6. The molecule has 1 aromatic carbocycles.